The van der Waals surface area contributed by atoms with Gasteiger partial charge >= 0.3 is 6.48 Å². The molecule has 2 rings (SSSR count). The molecule has 0 amide bonds. The molecule has 0 unspecified atom stereocenters. The second-order valence-electron chi connectivity index (χ2n) is 6.41. The number of methoxy groups -OCH3 is 2. The Balaban J connectivity index is 2.25. The SMILES string of the molecule is COC(OC)Oc1ccc(C=Cc2ccc([N+](=O)[O-])cc2)cc1CC=C(C)C. The lowest BCUT2D eigenvalue weighted by Gasteiger charge is -2.18. The zero-order chi connectivity index (χ0) is 20.5. The number of non-ortho nitro benzene ring substituents is 1. The van der Waals surface area contributed by atoms with Gasteiger partial charge in [0.25, 0.3) is 5.69 Å². The normalized spacial score (nSPS) is 11.0. The van der Waals surface area contributed by atoms with Crippen molar-refractivity contribution in [2.75, 3.05) is 14.2 Å². The van der Waals surface area contributed by atoms with Crippen molar-refractivity contribution < 1.29 is 19.1 Å². The molecular weight excluding hydrogens is 358 g/mol. The van der Waals surface area contributed by atoms with Gasteiger partial charge in [-0.1, -0.05) is 29.9 Å². The largest absolute Gasteiger partial charge is 0.441 e. The summed E-state index contributed by atoms with van der Waals surface area (Å²) in [6.45, 7) is 3.32. The maximum Gasteiger partial charge on any atom is 0.315 e. The first-order valence-electron chi connectivity index (χ1n) is 8.84. The molecule has 0 spiro atoms. The lowest BCUT2D eigenvalue weighted by atomic mass is 10.0. The van der Waals surface area contributed by atoms with E-state index in [2.05, 4.69) is 6.08 Å². The minimum absolute atomic E-state index is 0.0773. The van der Waals surface area contributed by atoms with Crippen LogP contribution >= 0.6 is 0 Å². The van der Waals surface area contributed by atoms with E-state index in [9.17, 15) is 10.1 Å². The zero-order valence-electron chi connectivity index (χ0n) is 16.5. The average Bonchev–Trinajstić information content (AvgIpc) is 2.69. The molecule has 0 saturated heterocycles. The van der Waals surface area contributed by atoms with Crippen LogP contribution in [0.1, 0.15) is 30.5 Å². The van der Waals surface area contributed by atoms with E-state index in [1.165, 1.54) is 31.9 Å². The van der Waals surface area contributed by atoms with Gasteiger partial charge in [-0.2, -0.15) is 0 Å². The molecule has 148 valence electrons. The third kappa shape index (κ3) is 6.33. The molecule has 0 atom stereocenters. The van der Waals surface area contributed by atoms with E-state index in [0.29, 0.717) is 5.75 Å². The van der Waals surface area contributed by atoms with Crippen molar-refractivity contribution >= 4 is 17.8 Å². The van der Waals surface area contributed by atoms with Crippen molar-refractivity contribution in [1.29, 1.82) is 0 Å². The van der Waals surface area contributed by atoms with E-state index in [4.69, 9.17) is 14.2 Å². The highest BCUT2D eigenvalue weighted by Crippen LogP contribution is 2.24. The summed E-state index contributed by atoms with van der Waals surface area (Å²) in [6.07, 6.45) is 6.72. The summed E-state index contributed by atoms with van der Waals surface area (Å²) in [4.78, 5) is 10.3. The lowest BCUT2D eigenvalue weighted by molar-refractivity contribution is -0.384. The van der Waals surface area contributed by atoms with Gasteiger partial charge in [-0.3, -0.25) is 10.1 Å². The minimum Gasteiger partial charge on any atom is -0.441 e. The number of rotatable bonds is 9. The summed E-state index contributed by atoms with van der Waals surface area (Å²) in [6, 6.07) is 12.3. The molecular formula is C22H25NO5. The molecule has 0 saturated carbocycles. The quantitative estimate of drug-likeness (QED) is 0.195. The van der Waals surface area contributed by atoms with Crippen LogP contribution in [0.3, 0.4) is 0 Å². The van der Waals surface area contributed by atoms with Gasteiger partial charge in [-0.05, 0) is 61.2 Å². The van der Waals surface area contributed by atoms with E-state index < -0.39 is 11.4 Å². The molecule has 0 radical (unpaired) electrons. The first-order chi connectivity index (χ1) is 13.4. The third-order valence-electron chi connectivity index (χ3n) is 4.00. The summed E-state index contributed by atoms with van der Waals surface area (Å²) in [5.74, 6) is 0.693. The van der Waals surface area contributed by atoms with Crippen molar-refractivity contribution in [2.24, 2.45) is 0 Å². The van der Waals surface area contributed by atoms with Crippen LogP contribution in [0.25, 0.3) is 12.2 Å². The van der Waals surface area contributed by atoms with Crippen LogP contribution in [0.2, 0.25) is 0 Å². The Labute approximate surface area is 165 Å². The van der Waals surface area contributed by atoms with Crippen LogP contribution in [0, 0.1) is 10.1 Å². The van der Waals surface area contributed by atoms with Crippen LogP contribution in [-0.4, -0.2) is 25.6 Å². The Kier molecular flexibility index (Phi) is 7.92. The highest BCUT2D eigenvalue weighted by molar-refractivity contribution is 5.70. The third-order valence-corrected chi connectivity index (χ3v) is 4.00. The second-order valence-corrected chi connectivity index (χ2v) is 6.41. The van der Waals surface area contributed by atoms with Crippen molar-refractivity contribution in [3.63, 3.8) is 0 Å². The van der Waals surface area contributed by atoms with Crippen LogP contribution in [-0.2, 0) is 15.9 Å². The summed E-state index contributed by atoms with van der Waals surface area (Å²) in [5, 5.41) is 10.7. The molecule has 0 bridgehead atoms. The molecule has 0 N–H and O–H groups in total. The molecule has 0 aliphatic heterocycles. The topological polar surface area (TPSA) is 70.8 Å². The number of ether oxygens (including phenoxy) is 3. The molecule has 2 aromatic carbocycles. The van der Waals surface area contributed by atoms with E-state index >= 15 is 0 Å². The van der Waals surface area contributed by atoms with Gasteiger partial charge in [-0.25, -0.2) is 0 Å². The fourth-order valence-corrected chi connectivity index (χ4v) is 2.49. The average molecular weight is 383 g/mol. The fraction of sp³-hybridized carbons (Fsp3) is 0.273. The molecule has 0 aliphatic rings. The van der Waals surface area contributed by atoms with Crippen LogP contribution < -0.4 is 4.74 Å². The first-order valence-corrected chi connectivity index (χ1v) is 8.84. The molecule has 0 aliphatic carbocycles. The van der Waals surface area contributed by atoms with Crippen molar-refractivity contribution in [3.05, 3.63) is 80.9 Å². The van der Waals surface area contributed by atoms with Gasteiger partial charge in [0.1, 0.15) is 5.75 Å². The molecule has 0 heterocycles. The highest BCUT2D eigenvalue weighted by atomic mass is 16.8. The Bertz CT molecular complexity index is 848. The van der Waals surface area contributed by atoms with Gasteiger partial charge in [0.2, 0.25) is 0 Å². The van der Waals surface area contributed by atoms with Crippen LogP contribution in [0.5, 0.6) is 5.75 Å². The zero-order valence-corrected chi connectivity index (χ0v) is 16.5. The summed E-state index contributed by atoms with van der Waals surface area (Å²) in [5.41, 5.74) is 4.18. The lowest BCUT2D eigenvalue weighted by Crippen LogP contribution is -2.21. The van der Waals surface area contributed by atoms with Gasteiger partial charge in [0.15, 0.2) is 0 Å². The van der Waals surface area contributed by atoms with Crippen molar-refractivity contribution in [2.45, 2.75) is 26.7 Å². The van der Waals surface area contributed by atoms with Crippen molar-refractivity contribution in [1.82, 2.24) is 0 Å². The van der Waals surface area contributed by atoms with Crippen molar-refractivity contribution in [3.8, 4) is 5.75 Å². The van der Waals surface area contributed by atoms with E-state index in [0.717, 1.165) is 23.1 Å². The van der Waals surface area contributed by atoms with Gasteiger partial charge in [-0.15, -0.1) is 0 Å². The predicted molar refractivity (Wildman–Crippen MR) is 110 cm³/mol. The smallest absolute Gasteiger partial charge is 0.315 e. The van der Waals surface area contributed by atoms with E-state index in [-0.39, 0.29) is 5.69 Å². The summed E-state index contributed by atoms with van der Waals surface area (Å²) < 4.78 is 16.0. The van der Waals surface area contributed by atoms with Gasteiger partial charge < -0.3 is 14.2 Å². The number of hydrogen-bond donors (Lipinski definition) is 0. The molecule has 0 aromatic heterocycles. The maximum atomic E-state index is 10.7. The monoisotopic (exact) mass is 383 g/mol. The fourth-order valence-electron chi connectivity index (χ4n) is 2.49. The number of nitro groups is 1. The maximum absolute atomic E-state index is 10.7. The predicted octanol–water partition coefficient (Wildman–Crippen LogP) is 5.23. The summed E-state index contributed by atoms with van der Waals surface area (Å²) in [7, 11) is 3.04. The van der Waals surface area contributed by atoms with E-state index in [1.807, 2.05) is 44.2 Å². The standard InChI is InChI=1S/C22H25NO5/c1-16(2)5-11-19-15-18(10-14-21(19)28-22(26-3)27-4)7-6-17-8-12-20(13-9-17)23(24)25/h5-10,12-15,22H,11H2,1-4H3. The summed E-state index contributed by atoms with van der Waals surface area (Å²) >= 11 is 0. The number of nitrogens with zero attached hydrogens (tertiary/aromatic N) is 1. The Morgan fingerprint density at radius 3 is 2.21 bits per heavy atom. The second kappa shape index (κ2) is 10.4. The number of benzene rings is 2. The first kappa shape index (κ1) is 21.3. The molecule has 28 heavy (non-hydrogen) atoms. The molecule has 2 aromatic rings. The minimum atomic E-state index is -0.771. The number of allylic oxidation sites excluding steroid dienone is 2. The highest BCUT2D eigenvalue weighted by Gasteiger charge is 2.11. The number of hydrogen-bond acceptors (Lipinski definition) is 5. The van der Waals surface area contributed by atoms with Crippen LogP contribution in [0.4, 0.5) is 5.69 Å². The number of nitro benzene ring substituents is 1. The Hall–Kier alpha value is -2.96. The Morgan fingerprint density at radius 2 is 1.64 bits per heavy atom. The van der Waals surface area contributed by atoms with Gasteiger partial charge in [0, 0.05) is 26.4 Å². The molecule has 0 fully saturated rings. The molecule has 6 heteroatoms. The van der Waals surface area contributed by atoms with Gasteiger partial charge in [0.05, 0.1) is 4.92 Å². The Morgan fingerprint density at radius 1 is 1.04 bits per heavy atom. The van der Waals surface area contributed by atoms with E-state index in [1.54, 1.807) is 12.1 Å². The van der Waals surface area contributed by atoms with Crippen LogP contribution in [0.15, 0.2) is 54.1 Å². The molecule has 6 nitrogen and oxygen atoms in total.